The summed E-state index contributed by atoms with van der Waals surface area (Å²) < 4.78 is 0. The molecule has 0 spiro atoms. The predicted molar refractivity (Wildman–Crippen MR) is 90.6 cm³/mol. The van der Waals surface area contributed by atoms with Crippen LogP contribution in [0.15, 0.2) is 48.5 Å². The summed E-state index contributed by atoms with van der Waals surface area (Å²) >= 11 is 11.9. The van der Waals surface area contributed by atoms with E-state index in [4.69, 9.17) is 23.2 Å². The molecule has 0 bridgehead atoms. The molecule has 0 heterocycles. The van der Waals surface area contributed by atoms with Crippen molar-refractivity contribution in [3.05, 3.63) is 69.7 Å². The maximum Gasteiger partial charge on any atom is 0.221 e. The summed E-state index contributed by atoms with van der Waals surface area (Å²) in [4.78, 5) is 23.0. The van der Waals surface area contributed by atoms with E-state index in [-0.39, 0.29) is 11.7 Å². The van der Waals surface area contributed by atoms with Gasteiger partial charge in [0.1, 0.15) is 0 Å². The van der Waals surface area contributed by atoms with Crippen molar-refractivity contribution in [3.8, 4) is 0 Å². The highest BCUT2D eigenvalue weighted by Gasteiger charge is 2.03. The summed E-state index contributed by atoms with van der Waals surface area (Å²) in [6.07, 6.45) is 3.09. The third-order valence-corrected chi connectivity index (χ3v) is 3.43. The van der Waals surface area contributed by atoms with Crippen LogP contribution < -0.4 is 5.32 Å². The standard InChI is InChI=1S/C17H13Cl2NO2/c1-11(21)20-15-7-3-13(4-8-15)17(22)9-5-12-2-6-14(18)10-16(12)19/h2-10H,1H3,(H,20,21)/b9-5+. The molecule has 0 radical (unpaired) electrons. The van der Waals surface area contributed by atoms with Gasteiger partial charge in [-0.25, -0.2) is 0 Å². The molecule has 0 unspecified atom stereocenters. The van der Waals surface area contributed by atoms with Gasteiger partial charge >= 0.3 is 0 Å². The third kappa shape index (κ3) is 4.45. The Kier molecular flexibility index (Phi) is 5.36. The molecule has 0 saturated heterocycles. The molecule has 22 heavy (non-hydrogen) atoms. The monoisotopic (exact) mass is 333 g/mol. The molecular formula is C17H13Cl2NO2. The van der Waals surface area contributed by atoms with E-state index in [2.05, 4.69) is 5.32 Å². The number of ketones is 1. The Balaban J connectivity index is 2.11. The molecule has 0 saturated carbocycles. The molecule has 0 aliphatic carbocycles. The van der Waals surface area contributed by atoms with Crippen molar-refractivity contribution in [1.82, 2.24) is 0 Å². The van der Waals surface area contributed by atoms with Gasteiger partial charge in [0.05, 0.1) is 0 Å². The smallest absolute Gasteiger partial charge is 0.221 e. The van der Waals surface area contributed by atoms with Crippen LogP contribution in [0.3, 0.4) is 0 Å². The zero-order chi connectivity index (χ0) is 16.1. The zero-order valence-corrected chi connectivity index (χ0v) is 13.3. The molecular weight excluding hydrogens is 321 g/mol. The molecule has 3 nitrogen and oxygen atoms in total. The quantitative estimate of drug-likeness (QED) is 0.642. The minimum atomic E-state index is -0.156. The first kappa shape index (κ1) is 16.3. The number of allylic oxidation sites excluding steroid dienone is 1. The van der Waals surface area contributed by atoms with Crippen LogP contribution in [0, 0.1) is 0 Å². The molecule has 2 rings (SSSR count). The predicted octanol–water partition coefficient (Wildman–Crippen LogP) is 4.85. The minimum absolute atomic E-state index is 0.152. The number of halogens is 2. The lowest BCUT2D eigenvalue weighted by Gasteiger charge is -2.02. The first-order valence-corrected chi connectivity index (χ1v) is 7.26. The van der Waals surface area contributed by atoms with Gasteiger partial charge in [0.25, 0.3) is 0 Å². The summed E-state index contributed by atoms with van der Waals surface area (Å²) in [5, 5.41) is 3.67. The van der Waals surface area contributed by atoms with Gasteiger partial charge in [-0.05, 0) is 54.1 Å². The van der Waals surface area contributed by atoms with Crippen molar-refractivity contribution >= 4 is 46.7 Å². The van der Waals surface area contributed by atoms with Crippen LogP contribution in [0.5, 0.6) is 0 Å². The van der Waals surface area contributed by atoms with E-state index < -0.39 is 0 Å². The van der Waals surface area contributed by atoms with E-state index in [0.717, 1.165) is 0 Å². The largest absolute Gasteiger partial charge is 0.326 e. The maximum absolute atomic E-state index is 12.1. The van der Waals surface area contributed by atoms with Crippen molar-refractivity contribution in [2.24, 2.45) is 0 Å². The van der Waals surface area contributed by atoms with Gasteiger partial charge in [-0.2, -0.15) is 0 Å². The molecule has 0 atom stereocenters. The first-order valence-electron chi connectivity index (χ1n) is 6.51. The number of nitrogens with one attached hydrogen (secondary N) is 1. The van der Waals surface area contributed by atoms with Gasteiger partial charge in [0.2, 0.25) is 5.91 Å². The Morgan fingerprint density at radius 3 is 2.32 bits per heavy atom. The minimum Gasteiger partial charge on any atom is -0.326 e. The van der Waals surface area contributed by atoms with E-state index in [1.54, 1.807) is 48.5 Å². The van der Waals surface area contributed by atoms with Crippen molar-refractivity contribution in [2.45, 2.75) is 6.92 Å². The fourth-order valence-corrected chi connectivity index (χ4v) is 2.29. The van der Waals surface area contributed by atoms with Crippen molar-refractivity contribution in [2.75, 3.05) is 5.32 Å². The lowest BCUT2D eigenvalue weighted by Crippen LogP contribution is -2.05. The van der Waals surface area contributed by atoms with Gasteiger partial charge in [0, 0.05) is 28.2 Å². The number of amides is 1. The lowest BCUT2D eigenvalue weighted by atomic mass is 10.1. The SMILES string of the molecule is CC(=O)Nc1ccc(C(=O)/C=C/c2ccc(Cl)cc2Cl)cc1. The number of hydrogen-bond acceptors (Lipinski definition) is 2. The van der Waals surface area contributed by atoms with Gasteiger partial charge in [0.15, 0.2) is 5.78 Å². The average Bonchev–Trinajstić information content (AvgIpc) is 2.46. The van der Waals surface area contributed by atoms with Crippen LogP contribution in [0.2, 0.25) is 10.0 Å². The fourth-order valence-electron chi connectivity index (χ4n) is 1.82. The van der Waals surface area contributed by atoms with Crippen LogP contribution in [0.4, 0.5) is 5.69 Å². The zero-order valence-electron chi connectivity index (χ0n) is 11.8. The normalized spacial score (nSPS) is 10.7. The molecule has 2 aromatic carbocycles. The molecule has 5 heteroatoms. The summed E-state index contributed by atoms with van der Waals surface area (Å²) in [7, 11) is 0. The summed E-state index contributed by atoms with van der Waals surface area (Å²) in [5.41, 5.74) is 1.89. The fraction of sp³-hybridized carbons (Fsp3) is 0.0588. The van der Waals surface area contributed by atoms with Crippen LogP contribution >= 0.6 is 23.2 Å². The number of benzene rings is 2. The Bertz CT molecular complexity index is 737. The van der Waals surface area contributed by atoms with E-state index in [1.165, 1.54) is 13.0 Å². The van der Waals surface area contributed by atoms with Crippen LogP contribution in [0.25, 0.3) is 6.08 Å². The van der Waals surface area contributed by atoms with Gasteiger partial charge in [-0.3, -0.25) is 9.59 Å². The molecule has 2 aromatic rings. The van der Waals surface area contributed by atoms with Gasteiger partial charge in [-0.1, -0.05) is 29.3 Å². The molecule has 1 N–H and O–H groups in total. The highest BCUT2D eigenvalue weighted by molar-refractivity contribution is 6.35. The number of anilines is 1. The number of carbonyl (C=O) groups is 2. The highest BCUT2D eigenvalue weighted by Crippen LogP contribution is 2.22. The average molecular weight is 334 g/mol. The molecule has 0 aliphatic rings. The molecule has 0 fully saturated rings. The maximum atomic E-state index is 12.1. The number of carbonyl (C=O) groups excluding carboxylic acids is 2. The van der Waals surface area contributed by atoms with E-state index in [9.17, 15) is 9.59 Å². The van der Waals surface area contributed by atoms with E-state index in [1.807, 2.05) is 0 Å². The van der Waals surface area contributed by atoms with Gasteiger partial charge < -0.3 is 5.32 Å². The van der Waals surface area contributed by atoms with Crippen molar-refractivity contribution in [3.63, 3.8) is 0 Å². The summed E-state index contributed by atoms with van der Waals surface area (Å²) in [5.74, 6) is -0.309. The van der Waals surface area contributed by atoms with Crippen LogP contribution in [0.1, 0.15) is 22.8 Å². The Hall–Kier alpha value is -2.10. The van der Waals surface area contributed by atoms with E-state index >= 15 is 0 Å². The van der Waals surface area contributed by atoms with Crippen molar-refractivity contribution in [1.29, 1.82) is 0 Å². The Morgan fingerprint density at radius 2 is 1.73 bits per heavy atom. The Morgan fingerprint density at radius 1 is 1.05 bits per heavy atom. The number of hydrogen-bond donors (Lipinski definition) is 1. The highest BCUT2D eigenvalue weighted by atomic mass is 35.5. The third-order valence-electron chi connectivity index (χ3n) is 2.87. The second-order valence-corrected chi connectivity index (χ2v) is 5.47. The molecule has 0 aliphatic heterocycles. The Labute approximate surface area is 138 Å². The molecule has 0 aromatic heterocycles. The molecule has 112 valence electrons. The van der Waals surface area contributed by atoms with Gasteiger partial charge in [-0.15, -0.1) is 0 Å². The number of rotatable bonds is 4. The van der Waals surface area contributed by atoms with Crippen molar-refractivity contribution < 1.29 is 9.59 Å². The lowest BCUT2D eigenvalue weighted by molar-refractivity contribution is -0.114. The second kappa shape index (κ2) is 7.25. The topological polar surface area (TPSA) is 46.2 Å². The summed E-state index contributed by atoms with van der Waals surface area (Å²) in [6, 6.07) is 11.7. The molecule has 1 amide bonds. The van der Waals surface area contributed by atoms with E-state index in [0.29, 0.717) is 26.9 Å². The first-order chi connectivity index (χ1) is 10.5. The van der Waals surface area contributed by atoms with Crippen LogP contribution in [-0.4, -0.2) is 11.7 Å². The second-order valence-electron chi connectivity index (χ2n) is 4.62. The summed E-state index contributed by atoms with van der Waals surface area (Å²) in [6.45, 7) is 1.43. The van der Waals surface area contributed by atoms with Crippen LogP contribution in [-0.2, 0) is 4.79 Å².